The standard InChI is InChI=1S/C13H13BrClNO4/c14-9-6-8(15)3-4-11(9)20-7-12(17)16-5-1-2-10(16)13(18)19/h3-4,6,10H,1-2,5,7H2,(H,18,19). The summed E-state index contributed by atoms with van der Waals surface area (Å²) in [4.78, 5) is 24.4. The lowest BCUT2D eigenvalue weighted by atomic mass is 10.2. The van der Waals surface area contributed by atoms with E-state index < -0.39 is 12.0 Å². The number of halogens is 2. The lowest BCUT2D eigenvalue weighted by molar-refractivity contribution is -0.148. The van der Waals surface area contributed by atoms with E-state index in [1.807, 2.05) is 0 Å². The molecule has 2 rings (SSSR count). The topological polar surface area (TPSA) is 66.8 Å². The van der Waals surface area contributed by atoms with E-state index in [-0.39, 0.29) is 12.5 Å². The highest BCUT2D eigenvalue weighted by molar-refractivity contribution is 9.10. The smallest absolute Gasteiger partial charge is 0.326 e. The number of hydrogen-bond donors (Lipinski definition) is 1. The van der Waals surface area contributed by atoms with Crippen molar-refractivity contribution in [3.8, 4) is 5.75 Å². The molecular formula is C13H13BrClNO4. The van der Waals surface area contributed by atoms with Gasteiger partial charge in [0.15, 0.2) is 6.61 Å². The molecule has 1 saturated heterocycles. The molecule has 1 unspecified atom stereocenters. The number of hydrogen-bond acceptors (Lipinski definition) is 3. The maximum absolute atomic E-state index is 12.0. The summed E-state index contributed by atoms with van der Waals surface area (Å²) in [6.07, 6.45) is 1.19. The zero-order valence-corrected chi connectivity index (χ0v) is 12.9. The first kappa shape index (κ1) is 15.1. The number of likely N-dealkylation sites (tertiary alicyclic amines) is 1. The molecule has 1 aliphatic rings. The summed E-state index contributed by atoms with van der Waals surface area (Å²) in [6.45, 7) is 0.269. The number of aliphatic carboxylic acids is 1. The Bertz CT molecular complexity index is 537. The predicted octanol–water partition coefficient (Wildman–Crippen LogP) is 2.56. The Morgan fingerprint density at radius 1 is 1.50 bits per heavy atom. The van der Waals surface area contributed by atoms with Gasteiger partial charge in [-0.3, -0.25) is 4.79 Å². The normalized spacial score (nSPS) is 18.1. The van der Waals surface area contributed by atoms with E-state index in [1.54, 1.807) is 18.2 Å². The van der Waals surface area contributed by atoms with E-state index in [2.05, 4.69) is 15.9 Å². The molecule has 1 aromatic rings. The molecule has 0 aromatic heterocycles. The Hall–Kier alpha value is -1.27. The van der Waals surface area contributed by atoms with E-state index in [0.717, 1.165) is 0 Å². The molecule has 0 aliphatic carbocycles. The summed E-state index contributed by atoms with van der Waals surface area (Å²) in [7, 11) is 0. The lowest BCUT2D eigenvalue weighted by Gasteiger charge is -2.21. The van der Waals surface area contributed by atoms with Crippen molar-refractivity contribution in [3.63, 3.8) is 0 Å². The minimum atomic E-state index is -0.969. The predicted molar refractivity (Wildman–Crippen MR) is 77.0 cm³/mol. The van der Waals surface area contributed by atoms with Crippen LogP contribution in [0.25, 0.3) is 0 Å². The fourth-order valence-electron chi connectivity index (χ4n) is 2.14. The molecule has 1 atom stereocenters. The molecule has 1 heterocycles. The monoisotopic (exact) mass is 361 g/mol. The zero-order valence-electron chi connectivity index (χ0n) is 10.5. The number of ether oxygens (including phenoxy) is 1. The minimum Gasteiger partial charge on any atom is -0.483 e. The molecular weight excluding hydrogens is 350 g/mol. The van der Waals surface area contributed by atoms with Crippen molar-refractivity contribution >= 4 is 39.4 Å². The van der Waals surface area contributed by atoms with Crippen LogP contribution in [0, 0.1) is 0 Å². The first-order chi connectivity index (χ1) is 9.49. The maximum atomic E-state index is 12.0. The van der Waals surface area contributed by atoms with Crippen molar-refractivity contribution in [2.75, 3.05) is 13.2 Å². The van der Waals surface area contributed by atoms with E-state index >= 15 is 0 Å². The summed E-state index contributed by atoms with van der Waals surface area (Å²) in [5, 5.41) is 9.59. The average molecular weight is 363 g/mol. The van der Waals surface area contributed by atoms with Gasteiger partial charge >= 0.3 is 5.97 Å². The first-order valence-corrected chi connectivity index (χ1v) is 7.26. The van der Waals surface area contributed by atoms with Gasteiger partial charge in [0.05, 0.1) is 4.47 Å². The van der Waals surface area contributed by atoms with E-state index in [9.17, 15) is 9.59 Å². The van der Waals surface area contributed by atoms with Crippen molar-refractivity contribution in [1.82, 2.24) is 4.90 Å². The van der Waals surface area contributed by atoms with Gasteiger partial charge in [-0.05, 0) is 47.0 Å². The molecule has 20 heavy (non-hydrogen) atoms. The molecule has 1 fully saturated rings. The summed E-state index contributed by atoms with van der Waals surface area (Å²) < 4.78 is 6.05. The molecule has 0 bridgehead atoms. The molecule has 1 N–H and O–H groups in total. The van der Waals surface area contributed by atoms with Gasteiger partial charge in [-0.15, -0.1) is 0 Å². The van der Waals surface area contributed by atoms with Crippen molar-refractivity contribution in [2.45, 2.75) is 18.9 Å². The third kappa shape index (κ3) is 3.43. The largest absolute Gasteiger partial charge is 0.483 e. The van der Waals surface area contributed by atoms with Crippen LogP contribution in [0.3, 0.4) is 0 Å². The number of rotatable bonds is 4. The quantitative estimate of drug-likeness (QED) is 0.894. The molecule has 0 radical (unpaired) electrons. The van der Waals surface area contributed by atoms with Crippen LogP contribution < -0.4 is 4.74 Å². The Kier molecular flexibility index (Phi) is 4.88. The number of carbonyl (C=O) groups excluding carboxylic acids is 1. The number of carboxylic acids is 1. The van der Waals surface area contributed by atoms with Gasteiger partial charge in [-0.2, -0.15) is 0 Å². The fraction of sp³-hybridized carbons (Fsp3) is 0.385. The minimum absolute atomic E-state index is 0.190. The second-order valence-electron chi connectivity index (χ2n) is 4.45. The summed E-state index contributed by atoms with van der Waals surface area (Å²) in [5.74, 6) is -0.797. The van der Waals surface area contributed by atoms with Crippen LogP contribution in [0.1, 0.15) is 12.8 Å². The van der Waals surface area contributed by atoms with Crippen LogP contribution in [0.15, 0.2) is 22.7 Å². The third-order valence-electron chi connectivity index (χ3n) is 3.10. The molecule has 1 aliphatic heterocycles. The zero-order chi connectivity index (χ0) is 14.7. The number of carbonyl (C=O) groups is 2. The molecule has 7 heteroatoms. The number of nitrogens with zero attached hydrogens (tertiary/aromatic N) is 1. The fourth-order valence-corrected chi connectivity index (χ4v) is 2.93. The van der Waals surface area contributed by atoms with Gasteiger partial charge < -0.3 is 14.7 Å². The van der Waals surface area contributed by atoms with E-state index in [1.165, 1.54) is 4.90 Å². The van der Waals surface area contributed by atoms with Gasteiger partial charge in [0.1, 0.15) is 11.8 Å². The Morgan fingerprint density at radius 2 is 2.25 bits per heavy atom. The molecule has 108 valence electrons. The Morgan fingerprint density at radius 3 is 2.90 bits per heavy atom. The molecule has 1 amide bonds. The highest BCUT2D eigenvalue weighted by Crippen LogP contribution is 2.28. The van der Waals surface area contributed by atoms with Crippen molar-refractivity contribution in [2.24, 2.45) is 0 Å². The van der Waals surface area contributed by atoms with Gasteiger partial charge in [0, 0.05) is 11.6 Å². The number of amides is 1. The van der Waals surface area contributed by atoms with Crippen LogP contribution in [0.2, 0.25) is 5.02 Å². The van der Waals surface area contributed by atoms with Gasteiger partial charge in [0.25, 0.3) is 5.91 Å². The van der Waals surface area contributed by atoms with Crippen LogP contribution in [0.5, 0.6) is 5.75 Å². The van der Waals surface area contributed by atoms with Gasteiger partial charge in [-0.1, -0.05) is 11.6 Å². The Labute approximate surface area is 129 Å². The second-order valence-corrected chi connectivity index (χ2v) is 5.74. The average Bonchev–Trinajstić information content (AvgIpc) is 2.86. The summed E-state index contributed by atoms with van der Waals surface area (Å²) in [6, 6.07) is 4.23. The third-order valence-corrected chi connectivity index (χ3v) is 3.96. The summed E-state index contributed by atoms with van der Waals surface area (Å²) in [5.41, 5.74) is 0. The van der Waals surface area contributed by atoms with Crippen LogP contribution in [0.4, 0.5) is 0 Å². The van der Waals surface area contributed by atoms with Crippen molar-refractivity contribution < 1.29 is 19.4 Å². The first-order valence-electron chi connectivity index (χ1n) is 6.09. The van der Waals surface area contributed by atoms with Crippen LogP contribution in [-0.2, 0) is 9.59 Å². The molecule has 1 aromatic carbocycles. The van der Waals surface area contributed by atoms with E-state index in [0.29, 0.717) is 34.6 Å². The lowest BCUT2D eigenvalue weighted by Crippen LogP contribution is -2.42. The van der Waals surface area contributed by atoms with Gasteiger partial charge in [0.2, 0.25) is 0 Å². The summed E-state index contributed by atoms with van der Waals surface area (Å²) >= 11 is 9.10. The van der Waals surface area contributed by atoms with Crippen molar-refractivity contribution in [3.05, 3.63) is 27.7 Å². The number of benzene rings is 1. The molecule has 5 nitrogen and oxygen atoms in total. The maximum Gasteiger partial charge on any atom is 0.326 e. The molecule has 0 spiro atoms. The van der Waals surface area contributed by atoms with Crippen LogP contribution in [-0.4, -0.2) is 41.1 Å². The second kappa shape index (κ2) is 6.45. The SMILES string of the molecule is O=C(O)C1CCCN1C(=O)COc1ccc(Cl)cc1Br. The highest BCUT2D eigenvalue weighted by Gasteiger charge is 2.33. The Balaban J connectivity index is 1.96. The van der Waals surface area contributed by atoms with Crippen molar-refractivity contribution in [1.29, 1.82) is 0 Å². The number of carboxylic acid groups (broad SMARTS) is 1. The van der Waals surface area contributed by atoms with E-state index in [4.69, 9.17) is 21.4 Å². The highest BCUT2D eigenvalue weighted by atomic mass is 79.9. The van der Waals surface area contributed by atoms with Crippen LogP contribution >= 0.6 is 27.5 Å². The van der Waals surface area contributed by atoms with Gasteiger partial charge in [-0.25, -0.2) is 4.79 Å². The molecule has 0 saturated carbocycles.